The summed E-state index contributed by atoms with van der Waals surface area (Å²) in [7, 11) is 1.46. The van der Waals surface area contributed by atoms with Crippen molar-refractivity contribution in [2.75, 3.05) is 12.0 Å². The van der Waals surface area contributed by atoms with E-state index >= 15 is 0 Å². The molecule has 1 atom stereocenters. The Morgan fingerprint density at radius 1 is 1.23 bits per heavy atom. The van der Waals surface area contributed by atoms with Gasteiger partial charge in [0.15, 0.2) is 5.13 Å². The van der Waals surface area contributed by atoms with Crippen LogP contribution >= 0.6 is 11.3 Å². The van der Waals surface area contributed by atoms with E-state index in [0.29, 0.717) is 11.3 Å². The second kappa shape index (κ2) is 8.00. The van der Waals surface area contributed by atoms with Crippen molar-refractivity contribution in [3.8, 4) is 5.75 Å². The summed E-state index contributed by atoms with van der Waals surface area (Å²) in [6, 6.07) is 10.9. The number of hydrogen-bond donors (Lipinski definition) is 1. The molecule has 4 rings (SSSR count). The number of aromatic nitrogens is 1. The summed E-state index contributed by atoms with van der Waals surface area (Å²) in [5.41, 5.74) is 0.178. The van der Waals surface area contributed by atoms with Crippen LogP contribution in [0.1, 0.15) is 17.2 Å². The molecule has 2 heterocycles. The molecule has 3 aromatic rings. The Bertz CT molecular complexity index is 1220. The zero-order valence-electron chi connectivity index (χ0n) is 16.1. The molecule has 0 aliphatic carbocycles. The Hall–Kier alpha value is -4.05. The number of aliphatic hydroxyl groups is 1. The Balaban J connectivity index is 1.96. The minimum absolute atomic E-state index is 0.186. The summed E-state index contributed by atoms with van der Waals surface area (Å²) in [6.07, 6.45) is 1.48. The Morgan fingerprint density at radius 2 is 2.00 bits per heavy atom. The molecule has 1 aromatic heterocycles. The van der Waals surface area contributed by atoms with Crippen molar-refractivity contribution in [2.24, 2.45) is 0 Å². The smallest absolute Gasteiger partial charge is 0.301 e. The maximum atomic E-state index is 13.0. The minimum Gasteiger partial charge on any atom is -0.507 e. The van der Waals surface area contributed by atoms with E-state index in [-0.39, 0.29) is 22.0 Å². The molecule has 1 aliphatic heterocycles. The third-order valence-electron chi connectivity index (χ3n) is 4.81. The fourth-order valence-electron chi connectivity index (χ4n) is 3.41. The molecule has 1 fully saturated rings. The van der Waals surface area contributed by atoms with Gasteiger partial charge in [-0.2, -0.15) is 0 Å². The topological polar surface area (TPSA) is 123 Å². The minimum atomic E-state index is -1.09. The number of nitro benzene ring substituents is 1. The van der Waals surface area contributed by atoms with Crippen molar-refractivity contribution in [3.63, 3.8) is 0 Å². The highest BCUT2D eigenvalue weighted by Gasteiger charge is 2.48. The SMILES string of the molecule is COc1cccc(/C(O)=C2\C(=O)C(=O)N(c3nccs3)C2c2cccc([N+](=O)[O-])c2)c1. The lowest BCUT2D eigenvalue weighted by Gasteiger charge is -2.22. The largest absolute Gasteiger partial charge is 0.507 e. The number of anilines is 1. The molecule has 0 radical (unpaired) electrons. The van der Waals surface area contributed by atoms with Crippen LogP contribution < -0.4 is 9.64 Å². The number of rotatable bonds is 5. The zero-order chi connectivity index (χ0) is 22.1. The van der Waals surface area contributed by atoms with E-state index in [1.165, 1.54) is 37.6 Å². The first-order valence-electron chi connectivity index (χ1n) is 9.01. The Kier molecular flexibility index (Phi) is 5.22. The molecule has 10 heteroatoms. The van der Waals surface area contributed by atoms with Crippen molar-refractivity contribution in [2.45, 2.75) is 6.04 Å². The van der Waals surface area contributed by atoms with E-state index < -0.39 is 28.4 Å². The van der Waals surface area contributed by atoms with Crippen LogP contribution in [-0.2, 0) is 9.59 Å². The summed E-state index contributed by atoms with van der Waals surface area (Å²) in [5.74, 6) is -1.75. The highest BCUT2D eigenvalue weighted by Crippen LogP contribution is 2.43. The maximum absolute atomic E-state index is 13.0. The van der Waals surface area contributed by atoms with Gasteiger partial charge in [-0.05, 0) is 17.7 Å². The van der Waals surface area contributed by atoms with Gasteiger partial charge < -0.3 is 9.84 Å². The maximum Gasteiger partial charge on any atom is 0.301 e. The van der Waals surface area contributed by atoms with Crippen molar-refractivity contribution < 1.29 is 24.4 Å². The Morgan fingerprint density at radius 3 is 2.68 bits per heavy atom. The van der Waals surface area contributed by atoms with Gasteiger partial charge >= 0.3 is 5.91 Å². The van der Waals surface area contributed by atoms with Crippen LogP contribution in [0.2, 0.25) is 0 Å². The van der Waals surface area contributed by atoms with E-state index in [9.17, 15) is 24.8 Å². The standard InChI is InChI=1S/C21H15N3O6S/c1-30-15-7-3-5-13(11-15)18(25)16-17(12-4-2-6-14(10-12)24(28)29)23(20(27)19(16)26)21-22-8-9-31-21/h2-11,17,25H,1H3/b18-16+. The number of methoxy groups -OCH3 is 1. The normalized spacial score (nSPS) is 17.7. The second-order valence-corrected chi connectivity index (χ2v) is 7.44. The predicted molar refractivity (Wildman–Crippen MR) is 113 cm³/mol. The molecule has 0 spiro atoms. The molecule has 1 amide bonds. The zero-order valence-corrected chi connectivity index (χ0v) is 16.9. The molecule has 9 nitrogen and oxygen atoms in total. The van der Waals surface area contributed by atoms with Gasteiger partial charge in [-0.1, -0.05) is 24.3 Å². The van der Waals surface area contributed by atoms with Crippen LogP contribution in [-0.4, -0.2) is 33.8 Å². The highest BCUT2D eigenvalue weighted by molar-refractivity contribution is 7.14. The number of carbonyl (C=O) groups is 2. The number of hydrogen-bond acceptors (Lipinski definition) is 8. The number of ether oxygens (including phenoxy) is 1. The molecule has 156 valence electrons. The van der Waals surface area contributed by atoms with Crippen LogP contribution in [0, 0.1) is 10.1 Å². The molecule has 31 heavy (non-hydrogen) atoms. The number of Topliss-reactive ketones (excluding diaryl/α,β-unsaturated/α-hetero) is 1. The van der Waals surface area contributed by atoms with Crippen molar-refractivity contribution in [1.29, 1.82) is 0 Å². The number of benzene rings is 2. The van der Waals surface area contributed by atoms with Crippen molar-refractivity contribution in [3.05, 3.63) is 86.9 Å². The summed E-state index contributed by atoms with van der Waals surface area (Å²) in [6.45, 7) is 0. The highest BCUT2D eigenvalue weighted by atomic mass is 32.1. The van der Waals surface area contributed by atoms with E-state index in [2.05, 4.69) is 4.98 Å². The van der Waals surface area contributed by atoms with Gasteiger partial charge in [0.2, 0.25) is 0 Å². The average molecular weight is 437 g/mol. The third kappa shape index (κ3) is 3.53. The molecule has 1 N–H and O–H groups in total. The monoisotopic (exact) mass is 437 g/mol. The number of thiazole rings is 1. The molecule has 0 bridgehead atoms. The number of nitro groups is 1. The summed E-state index contributed by atoms with van der Waals surface area (Å²) >= 11 is 1.13. The van der Waals surface area contributed by atoms with Crippen LogP contribution in [0.5, 0.6) is 5.75 Å². The lowest BCUT2D eigenvalue weighted by molar-refractivity contribution is -0.384. The molecule has 1 unspecified atom stereocenters. The van der Waals surface area contributed by atoms with Crippen LogP contribution in [0.4, 0.5) is 10.8 Å². The van der Waals surface area contributed by atoms with Gasteiger partial charge in [0.1, 0.15) is 11.5 Å². The molecule has 2 aromatic carbocycles. The number of carbonyl (C=O) groups excluding carboxylic acids is 2. The van der Waals surface area contributed by atoms with Gasteiger partial charge in [0.25, 0.3) is 11.5 Å². The fraction of sp³-hybridized carbons (Fsp3) is 0.0952. The third-order valence-corrected chi connectivity index (χ3v) is 5.58. The lowest BCUT2D eigenvalue weighted by atomic mass is 9.95. The van der Waals surface area contributed by atoms with Crippen LogP contribution in [0.25, 0.3) is 5.76 Å². The Labute approximate surface area is 180 Å². The van der Waals surface area contributed by atoms with Crippen molar-refractivity contribution >= 4 is 39.6 Å². The predicted octanol–water partition coefficient (Wildman–Crippen LogP) is 3.69. The van der Waals surface area contributed by atoms with Gasteiger partial charge in [0.05, 0.1) is 23.6 Å². The molecule has 0 saturated carbocycles. The summed E-state index contributed by atoms with van der Waals surface area (Å²) < 4.78 is 5.17. The number of amides is 1. The van der Waals surface area contributed by atoms with Gasteiger partial charge in [-0.15, -0.1) is 11.3 Å². The molecular formula is C21H15N3O6S. The first-order chi connectivity index (χ1) is 14.9. The lowest BCUT2D eigenvalue weighted by Crippen LogP contribution is -2.29. The number of ketones is 1. The van der Waals surface area contributed by atoms with E-state index in [0.717, 1.165) is 16.2 Å². The quantitative estimate of drug-likeness (QED) is 0.212. The average Bonchev–Trinajstić information content (AvgIpc) is 3.40. The molecule has 1 saturated heterocycles. The van der Waals surface area contributed by atoms with Gasteiger partial charge in [-0.25, -0.2) is 4.98 Å². The van der Waals surface area contributed by atoms with E-state index in [1.807, 2.05) is 0 Å². The number of non-ortho nitro benzene ring substituents is 1. The number of aliphatic hydroxyl groups excluding tert-OH is 1. The van der Waals surface area contributed by atoms with Crippen LogP contribution in [0.3, 0.4) is 0 Å². The van der Waals surface area contributed by atoms with Crippen LogP contribution in [0.15, 0.2) is 65.7 Å². The van der Waals surface area contributed by atoms with E-state index in [1.54, 1.807) is 29.6 Å². The molecular weight excluding hydrogens is 422 g/mol. The number of nitrogens with zero attached hydrogens (tertiary/aromatic N) is 3. The van der Waals surface area contributed by atoms with E-state index in [4.69, 9.17) is 4.74 Å². The summed E-state index contributed by atoms with van der Waals surface area (Å²) in [5, 5.41) is 24.2. The van der Waals surface area contributed by atoms with Crippen molar-refractivity contribution in [1.82, 2.24) is 4.98 Å². The second-order valence-electron chi connectivity index (χ2n) is 6.57. The molecule has 1 aliphatic rings. The van der Waals surface area contributed by atoms with Gasteiger partial charge in [-0.3, -0.25) is 24.6 Å². The first kappa shape index (κ1) is 20.2. The van der Waals surface area contributed by atoms with Gasteiger partial charge in [0, 0.05) is 29.3 Å². The fourth-order valence-corrected chi connectivity index (χ4v) is 4.08. The first-order valence-corrected chi connectivity index (χ1v) is 9.89. The summed E-state index contributed by atoms with van der Waals surface area (Å²) in [4.78, 5) is 41.9.